The van der Waals surface area contributed by atoms with Crippen LogP contribution in [0.5, 0.6) is 28.7 Å². The molecule has 0 aliphatic rings. The average Bonchev–Trinajstić information content (AvgIpc) is 3.00. The Balaban J connectivity index is 1.98. The number of aromatic nitrogens is 1. The van der Waals surface area contributed by atoms with E-state index in [9.17, 15) is 19.5 Å². The number of pyridine rings is 1. The Kier molecular flexibility index (Phi) is 13.1. The zero-order chi connectivity index (χ0) is 32.1. The van der Waals surface area contributed by atoms with E-state index < -0.39 is 17.4 Å². The van der Waals surface area contributed by atoms with Gasteiger partial charge in [0.25, 0.3) is 5.56 Å². The smallest absolute Gasteiger partial charge is 0.308 e. The van der Waals surface area contributed by atoms with Crippen LogP contribution in [0.1, 0.15) is 77.7 Å². The Bertz CT molecular complexity index is 1500. The van der Waals surface area contributed by atoms with Crippen molar-refractivity contribution >= 4 is 34.5 Å². The number of amides is 1. The summed E-state index contributed by atoms with van der Waals surface area (Å²) in [4.78, 5) is 38.6. The number of fused-ring (bicyclic) bond motifs is 1. The van der Waals surface area contributed by atoms with Crippen molar-refractivity contribution in [2.45, 2.75) is 78.7 Å². The lowest BCUT2D eigenvalue weighted by Gasteiger charge is -2.18. The molecule has 238 valence electrons. The van der Waals surface area contributed by atoms with Crippen LogP contribution in [0.2, 0.25) is 0 Å². The molecule has 0 unspecified atom stereocenters. The number of esters is 1. The van der Waals surface area contributed by atoms with Gasteiger partial charge in [-0.25, -0.2) is 0 Å². The predicted molar refractivity (Wildman–Crippen MR) is 172 cm³/mol. The Labute approximate surface area is 258 Å². The third kappa shape index (κ3) is 9.02. The molecule has 0 aliphatic heterocycles. The van der Waals surface area contributed by atoms with Crippen LogP contribution in [0, 0.1) is 0 Å². The lowest BCUT2D eigenvalue weighted by Crippen LogP contribution is -2.25. The number of benzene rings is 2. The van der Waals surface area contributed by atoms with Gasteiger partial charge in [-0.2, -0.15) is 0 Å². The highest BCUT2D eigenvalue weighted by Gasteiger charge is 2.22. The van der Waals surface area contributed by atoms with Crippen LogP contribution in [-0.2, 0) is 16.1 Å². The fourth-order valence-corrected chi connectivity index (χ4v) is 4.81. The Morgan fingerprint density at radius 1 is 0.909 bits per heavy atom. The van der Waals surface area contributed by atoms with Gasteiger partial charge in [0.2, 0.25) is 17.4 Å². The van der Waals surface area contributed by atoms with Crippen molar-refractivity contribution in [1.29, 1.82) is 0 Å². The van der Waals surface area contributed by atoms with Gasteiger partial charge in [0, 0.05) is 30.6 Å². The number of carbonyl (C=O) groups excluding carboxylic acids is 2. The van der Waals surface area contributed by atoms with E-state index in [2.05, 4.69) is 12.2 Å². The zero-order valence-electron chi connectivity index (χ0n) is 26.4. The van der Waals surface area contributed by atoms with Gasteiger partial charge in [0.05, 0.1) is 26.3 Å². The normalized spacial score (nSPS) is 11.1. The number of unbranched alkanes of at least 4 members (excludes halogenated alkanes) is 6. The van der Waals surface area contributed by atoms with Crippen molar-refractivity contribution in [2.75, 3.05) is 26.1 Å². The summed E-state index contributed by atoms with van der Waals surface area (Å²) in [6.07, 6.45) is 10.8. The summed E-state index contributed by atoms with van der Waals surface area (Å²) in [7, 11) is 2.85. The van der Waals surface area contributed by atoms with Gasteiger partial charge < -0.3 is 33.9 Å². The van der Waals surface area contributed by atoms with Crippen LogP contribution in [0.25, 0.3) is 17.0 Å². The van der Waals surface area contributed by atoms with E-state index in [0.29, 0.717) is 35.3 Å². The Morgan fingerprint density at radius 2 is 1.57 bits per heavy atom. The third-order valence-electron chi connectivity index (χ3n) is 7.10. The molecule has 1 amide bonds. The minimum atomic E-state index is -0.604. The van der Waals surface area contributed by atoms with Crippen LogP contribution in [0.3, 0.4) is 0 Å². The molecule has 3 aromatic rings. The third-order valence-corrected chi connectivity index (χ3v) is 7.10. The monoisotopic (exact) mass is 608 g/mol. The summed E-state index contributed by atoms with van der Waals surface area (Å²) in [5.41, 5.74) is 1.18. The molecule has 0 saturated carbocycles. The lowest BCUT2D eigenvalue weighted by molar-refractivity contribution is -0.132. The van der Waals surface area contributed by atoms with E-state index in [1.54, 1.807) is 41.0 Å². The number of ether oxygens (including phenoxy) is 4. The molecule has 1 aromatic heterocycles. The molecule has 1 heterocycles. The van der Waals surface area contributed by atoms with Gasteiger partial charge in [-0.15, -0.1) is 0 Å². The topological polar surface area (TPSA) is 125 Å². The van der Waals surface area contributed by atoms with Crippen molar-refractivity contribution in [1.82, 2.24) is 4.57 Å². The first-order chi connectivity index (χ1) is 21.2. The summed E-state index contributed by atoms with van der Waals surface area (Å²) in [5, 5.41) is 13.6. The van der Waals surface area contributed by atoms with Crippen molar-refractivity contribution in [2.24, 2.45) is 0 Å². The highest BCUT2D eigenvalue weighted by molar-refractivity contribution is 6.03. The molecule has 2 aromatic carbocycles. The number of hydrogen-bond acceptors (Lipinski definition) is 8. The molecule has 0 bridgehead atoms. The van der Waals surface area contributed by atoms with Gasteiger partial charge in [-0.05, 0) is 54.8 Å². The van der Waals surface area contributed by atoms with Crippen LogP contribution >= 0.6 is 0 Å². The number of phenolic OH excluding ortho intramolecular Hbond substituents is 1. The van der Waals surface area contributed by atoms with E-state index in [-0.39, 0.29) is 28.7 Å². The highest BCUT2D eigenvalue weighted by atomic mass is 16.6. The number of aromatic hydroxyl groups is 1. The molecular formula is C34H44N2O8. The van der Waals surface area contributed by atoms with E-state index in [0.717, 1.165) is 44.9 Å². The summed E-state index contributed by atoms with van der Waals surface area (Å²) in [6, 6.07) is 8.37. The molecule has 0 atom stereocenters. The summed E-state index contributed by atoms with van der Waals surface area (Å²) in [5.74, 6) is -0.606. The summed E-state index contributed by atoms with van der Waals surface area (Å²) < 4.78 is 23.4. The minimum absolute atomic E-state index is 0.119. The molecule has 10 nitrogen and oxygen atoms in total. The minimum Gasteiger partial charge on any atom is -0.502 e. The SMILES string of the molecule is CCCCCCCCn1c(=O)c(OC(C)=O)c(OCCCC)c2ccc(NC(=O)C=Cc3cc(OC)c(O)c(OC)c3)cc21. The van der Waals surface area contributed by atoms with Gasteiger partial charge in [-0.3, -0.25) is 14.4 Å². The van der Waals surface area contributed by atoms with Crippen molar-refractivity contribution < 1.29 is 33.6 Å². The Morgan fingerprint density at radius 3 is 2.20 bits per heavy atom. The maximum Gasteiger partial charge on any atom is 0.308 e. The Hall–Kier alpha value is -4.47. The first kappa shape index (κ1) is 34.0. The number of methoxy groups -OCH3 is 2. The number of aryl methyl sites for hydroxylation is 1. The van der Waals surface area contributed by atoms with Gasteiger partial charge in [0.1, 0.15) is 0 Å². The number of carbonyl (C=O) groups is 2. The maximum absolute atomic E-state index is 13.7. The molecule has 44 heavy (non-hydrogen) atoms. The van der Waals surface area contributed by atoms with Crippen LogP contribution in [0.15, 0.2) is 41.2 Å². The van der Waals surface area contributed by atoms with Crippen LogP contribution in [-0.4, -0.2) is 42.4 Å². The second-order valence-electron chi connectivity index (χ2n) is 10.5. The standard InChI is InChI=1S/C34H44N2O8/c1-6-8-10-11-12-13-18-36-27-22-25(35-30(38)17-14-24-20-28(41-4)31(39)29(21-24)42-5)15-16-26(27)32(43-19-9-7-2)33(34(36)40)44-23(3)37/h14-17,20-22,39H,6-13,18-19H2,1-5H3,(H,35,38). The maximum atomic E-state index is 13.7. The van der Waals surface area contributed by atoms with Crippen LogP contribution in [0.4, 0.5) is 5.69 Å². The number of nitrogens with zero attached hydrogens (tertiary/aromatic N) is 1. The molecule has 3 rings (SSSR count). The van der Waals surface area contributed by atoms with E-state index >= 15 is 0 Å². The number of rotatable bonds is 17. The summed E-state index contributed by atoms with van der Waals surface area (Å²) in [6.45, 7) is 6.24. The molecule has 2 N–H and O–H groups in total. The number of hydrogen-bond donors (Lipinski definition) is 2. The zero-order valence-corrected chi connectivity index (χ0v) is 26.4. The molecule has 10 heteroatoms. The van der Waals surface area contributed by atoms with Crippen molar-refractivity contribution in [3.05, 3.63) is 52.3 Å². The van der Waals surface area contributed by atoms with E-state index in [1.807, 2.05) is 6.92 Å². The molecule has 0 saturated heterocycles. The fourth-order valence-electron chi connectivity index (χ4n) is 4.81. The number of nitrogens with one attached hydrogen (secondary N) is 1. The van der Waals surface area contributed by atoms with Crippen molar-refractivity contribution in [3.63, 3.8) is 0 Å². The second-order valence-corrected chi connectivity index (χ2v) is 10.5. The molecular weight excluding hydrogens is 564 g/mol. The van der Waals surface area contributed by atoms with Gasteiger partial charge in [0.15, 0.2) is 17.2 Å². The number of anilines is 1. The highest BCUT2D eigenvalue weighted by Crippen LogP contribution is 2.38. The van der Waals surface area contributed by atoms with Gasteiger partial charge in [-0.1, -0.05) is 52.4 Å². The molecule has 0 aliphatic carbocycles. The first-order valence-electron chi connectivity index (χ1n) is 15.2. The molecule has 0 fully saturated rings. The predicted octanol–water partition coefficient (Wildman–Crippen LogP) is 6.84. The summed E-state index contributed by atoms with van der Waals surface area (Å²) >= 11 is 0. The average molecular weight is 609 g/mol. The number of phenols is 1. The fraction of sp³-hybridized carbons (Fsp3) is 0.441. The van der Waals surface area contributed by atoms with Crippen LogP contribution < -0.4 is 29.8 Å². The van der Waals surface area contributed by atoms with E-state index in [1.165, 1.54) is 33.6 Å². The first-order valence-corrected chi connectivity index (χ1v) is 15.2. The van der Waals surface area contributed by atoms with Crippen molar-refractivity contribution in [3.8, 4) is 28.7 Å². The lowest BCUT2D eigenvalue weighted by atomic mass is 10.1. The molecule has 0 spiro atoms. The van der Waals surface area contributed by atoms with Gasteiger partial charge >= 0.3 is 5.97 Å². The second kappa shape index (κ2) is 17.0. The van der Waals surface area contributed by atoms with E-state index in [4.69, 9.17) is 18.9 Å². The molecule has 0 radical (unpaired) electrons. The quantitative estimate of drug-likeness (QED) is 0.0969. The largest absolute Gasteiger partial charge is 0.502 e.